The molecule has 0 aromatic heterocycles. The first kappa shape index (κ1) is 39.5. The molecule has 5 N–H and O–H groups in total. The van der Waals surface area contributed by atoms with E-state index >= 15 is 0 Å². The second-order valence-corrected chi connectivity index (χ2v) is 15.7. The molecular formula is C42H50N6O9. The average Bonchev–Trinajstić information content (AvgIpc) is 3.68. The molecule has 3 aromatic rings. The minimum atomic E-state index is -1.02. The summed E-state index contributed by atoms with van der Waals surface area (Å²) in [7, 11) is 3.47. The summed E-state index contributed by atoms with van der Waals surface area (Å²) in [5.74, 6) is -0.0640. The molecule has 302 valence electrons. The summed E-state index contributed by atoms with van der Waals surface area (Å²) < 4.78 is 22.8. The van der Waals surface area contributed by atoms with Gasteiger partial charge in [0.1, 0.15) is 30.5 Å². The highest BCUT2D eigenvalue weighted by atomic mass is 16.7. The summed E-state index contributed by atoms with van der Waals surface area (Å²) in [5.41, 5.74) is 4.97. The third kappa shape index (κ3) is 6.91. The Balaban J connectivity index is 1.16. The number of aryl methyl sites for hydroxylation is 1. The van der Waals surface area contributed by atoms with Crippen LogP contribution in [-0.2, 0) is 33.8 Å². The number of nitriles is 1. The highest BCUT2D eigenvalue weighted by molar-refractivity contribution is 5.91. The number of phenolic OH excluding ortho intramolecular Hbond substituents is 2. The van der Waals surface area contributed by atoms with Gasteiger partial charge in [-0.05, 0) is 63.3 Å². The lowest BCUT2D eigenvalue weighted by molar-refractivity contribution is -0.130. The van der Waals surface area contributed by atoms with Crippen molar-refractivity contribution in [3.63, 3.8) is 0 Å². The van der Waals surface area contributed by atoms with Crippen LogP contribution in [0.15, 0.2) is 36.4 Å². The molecule has 1 fully saturated rings. The molecule has 2 bridgehead atoms. The molecule has 1 unspecified atom stereocenters. The Kier molecular flexibility index (Phi) is 10.9. The minimum absolute atomic E-state index is 0.0179. The number of fused-ring (bicyclic) bond motifs is 9. The lowest BCUT2D eigenvalue weighted by Gasteiger charge is -2.60. The topological polar surface area (TPSA) is 195 Å². The number of carbonyl (C=O) groups is 3. The van der Waals surface area contributed by atoms with E-state index in [1.807, 2.05) is 50.4 Å². The van der Waals surface area contributed by atoms with Gasteiger partial charge in [-0.1, -0.05) is 50.2 Å². The number of carbonyl (C=O) groups excluding carboxylic acids is 3. The third-order valence-corrected chi connectivity index (χ3v) is 11.9. The molecule has 15 heteroatoms. The van der Waals surface area contributed by atoms with Gasteiger partial charge in [0.15, 0.2) is 23.0 Å². The molecule has 4 aliphatic rings. The molecule has 0 aliphatic carbocycles. The number of methoxy groups -OCH3 is 1. The van der Waals surface area contributed by atoms with E-state index in [4.69, 9.17) is 18.9 Å². The predicted octanol–water partition coefficient (Wildman–Crippen LogP) is 3.80. The summed E-state index contributed by atoms with van der Waals surface area (Å²) in [4.78, 5) is 44.2. The number of nitrogens with zero attached hydrogens (tertiary/aromatic N) is 3. The molecule has 0 radical (unpaired) electrons. The summed E-state index contributed by atoms with van der Waals surface area (Å²) in [5, 5.41) is 42.7. The fraction of sp³-hybridized carbons (Fsp3) is 0.476. The number of alkyl carbamates (subject to hydrolysis) is 1. The number of likely N-dealkylation sites (N-methyl/N-ethyl adjacent to an activating group) is 1. The van der Waals surface area contributed by atoms with Gasteiger partial charge in [0.2, 0.25) is 18.6 Å². The Morgan fingerprint density at radius 3 is 2.39 bits per heavy atom. The van der Waals surface area contributed by atoms with Crippen LogP contribution in [-0.4, -0.2) is 95.6 Å². The van der Waals surface area contributed by atoms with Gasteiger partial charge in [-0.3, -0.25) is 19.4 Å². The molecule has 1 saturated heterocycles. The Morgan fingerprint density at radius 1 is 0.982 bits per heavy atom. The number of piperazine rings is 1. The quantitative estimate of drug-likeness (QED) is 0.200. The molecule has 15 nitrogen and oxygen atoms in total. The van der Waals surface area contributed by atoms with Gasteiger partial charge in [0.05, 0.1) is 25.3 Å². The highest BCUT2D eigenvalue weighted by Gasteiger charge is 2.56. The van der Waals surface area contributed by atoms with Gasteiger partial charge < -0.3 is 45.1 Å². The zero-order chi connectivity index (χ0) is 40.9. The Labute approximate surface area is 331 Å². The van der Waals surface area contributed by atoms with Crippen molar-refractivity contribution in [3.8, 4) is 34.8 Å². The molecule has 0 spiro atoms. The molecule has 0 saturated carbocycles. The van der Waals surface area contributed by atoms with Crippen molar-refractivity contribution in [3.05, 3.63) is 75.3 Å². The van der Waals surface area contributed by atoms with Crippen LogP contribution in [0.2, 0.25) is 0 Å². The minimum Gasteiger partial charge on any atom is -0.507 e. The van der Waals surface area contributed by atoms with E-state index in [2.05, 4.69) is 31.8 Å². The zero-order valence-corrected chi connectivity index (χ0v) is 33.2. The summed E-state index contributed by atoms with van der Waals surface area (Å²) >= 11 is 0. The van der Waals surface area contributed by atoms with Gasteiger partial charge in [-0.25, -0.2) is 4.79 Å². The number of benzene rings is 3. The second-order valence-electron chi connectivity index (χ2n) is 15.7. The zero-order valence-electron chi connectivity index (χ0n) is 33.2. The number of hydrogen-bond acceptors (Lipinski definition) is 12. The second kappa shape index (κ2) is 15.7. The number of ether oxygens (including phenoxy) is 4. The summed E-state index contributed by atoms with van der Waals surface area (Å²) in [6, 6.07) is 9.27. The van der Waals surface area contributed by atoms with Crippen molar-refractivity contribution in [2.45, 2.75) is 96.4 Å². The van der Waals surface area contributed by atoms with Crippen molar-refractivity contribution in [2.75, 3.05) is 27.5 Å². The molecule has 3 aromatic carbocycles. The van der Waals surface area contributed by atoms with Crippen LogP contribution in [0.1, 0.15) is 71.8 Å². The third-order valence-electron chi connectivity index (χ3n) is 11.9. The fourth-order valence-electron chi connectivity index (χ4n) is 9.19. The number of amides is 3. The first-order valence-electron chi connectivity index (χ1n) is 19.2. The Hall–Kier alpha value is -5.72. The van der Waals surface area contributed by atoms with E-state index in [1.54, 1.807) is 27.7 Å². The van der Waals surface area contributed by atoms with Crippen LogP contribution in [0.25, 0.3) is 0 Å². The molecule has 7 rings (SSSR count). The van der Waals surface area contributed by atoms with E-state index < -0.39 is 54.2 Å². The van der Waals surface area contributed by atoms with Gasteiger partial charge in [-0.15, -0.1) is 0 Å². The van der Waals surface area contributed by atoms with Crippen molar-refractivity contribution in [1.82, 2.24) is 25.8 Å². The monoisotopic (exact) mass is 782 g/mol. The standard InChI is InChI=1S/C42H50N6O9/c1-20(2)33(46-42(53)55-18-24-11-9-8-10-12-24)41(52)45-23(5)40(51)44-17-30-32-26(35(49)22(4)38-39(32)57-19-56-38)15-28-34-31-25(13-21(3)37(54-7)36(31)50)14-27(47(34)6)29(16-43)48(28)30/h8-13,20,23,27-30,33-34,49-50H,14-15,17-19H2,1-7H3,(H,44,51)(H,45,52)(H,46,53)/t23-,27-,28?,29-,30-,33-,34-/m0/s1. The normalized spacial score (nSPS) is 22.9. The van der Waals surface area contributed by atoms with Crippen LogP contribution in [0, 0.1) is 31.1 Å². The lowest BCUT2D eigenvalue weighted by Crippen LogP contribution is -2.69. The van der Waals surface area contributed by atoms with E-state index in [1.165, 1.54) is 7.11 Å². The van der Waals surface area contributed by atoms with Crippen LogP contribution >= 0.6 is 0 Å². The average molecular weight is 783 g/mol. The van der Waals surface area contributed by atoms with E-state index in [0.717, 1.165) is 16.7 Å². The first-order valence-corrected chi connectivity index (χ1v) is 19.2. The Morgan fingerprint density at radius 2 is 1.70 bits per heavy atom. The van der Waals surface area contributed by atoms with E-state index in [0.29, 0.717) is 52.3 Å². The number of nitrogens with one attached hydrogen (secondary N) is 3. The number of hydrogen-bond donors (Lipinski definition) is 5. The summed E-state index contributed by atoms with van der Waals surface area (Å²) in [6.45, 7) is 8.69. The molecular weight excluding hydrogens is 732 g/mol. The number of aromatic hydroxyl groups is 2. The van der Waals surface area contributed by atoms with Gasteiger partial charge >= 0.3 is 6.09 Å². The molecule has 4 aliphatic heterocycles. The van der Waals surface area contributed by atoms with Crippen molar-refractivity contribution in [1.29, 1.82) is 5.26 Å². The van der Waals surface area contributed by atoms with Gasteiger partial charge in [0, 0.05) is 40.9 Å². The van der Waals surface area contributed by atoms with E-state index in [9.17, 15) is 29.9 Å². The molecule has 7 atom stereocenters. The van der Waals surface area contributed by atoms with Crippen molar-refractivity contribution < 1.29 is 43.5 Å². The van der Waals surface area contributed by atoms with Crippen LogP contribution < -0.4 is 30.2 Å². The number of phenols is 2. The molecule has 3 amide bonds. The smallest absolute Gasteiger partial charge is 0.408 e. The van der Waals surface area contributed by atoms with Crippen LogP contribution in [0.5, 0.6) is 28.7 Å². The highest BCUT2D eigenvalue weighted by Crippen LogP contribution is 2.58. The SMILES string of the molecule is COc1c(C)cc2c(c1O)[C@@H]1C3Cc4c(O)c(C)c5c(c4[C@H](CNC(=O)[C@H](C)NC(=O)[C@@H](NC(=O)OCc4ccccc4)C(C)C)N3[C@@H](C#N)[C@H](C2)N1C)OCO5. The van der Waals surface area contributed by atoms with Crippen molar-refractivity contribution >= 4 is 17.9 Å². The largest absolute Gasteiger partial charge is 0.507 e. The van der Waals surface area contributed by atoms with E-state index in [-0.39, 0.29) is 43.4 Å². The molecule has 4 heterocycles. The van der Waals surface area contributed by atoms with Crippen LogP contribution in [0.3, 0.4) is 0 Å². The summed E-state index contributed by atoms with van der Waals surface area (Å²) in [6.07, 6.45) is 0.0295. The van der Waals surface area contributed by atoms with Crippen LogP contribution in [0.4, 0.5) is 4.79 Å². The fourth-order valence-corrected chi connectivity index (χ4v) is 9.19. The predicted molar refractivity (Wildman–Crippen MR) is 207 cm³/mol. The van der Waals surface area contributed by atoms with Gasteiger partial charge in [0.25, 0.3) is 0 Å². The van der Waals surface area contributed by atoms with Crippen molar-refractivity contribution in [2.24, 2.45) is 5.92 Å². The first-order chi connectivity index (χ1) is 27.3. The van der Waals surface area contributed by atoms with Gasteiger partial charge in [-0.2, -0.15) is 5.26 Å². The number of rotatable bonds is 10. The maximum Gasteiger partial charge on any atom is 0.408 e. The maximum absolute atomic E-state index is 13.9. The lowest BCUT2D eigenvalue weighted by atomic mass is 9.71. The molecule has 57 heavy (non-hydrogen) atoms. The Bertz CT molecular complexity index is 2120. The maximum atomic E-state index is 13.9.